The fourth-order valence-electron chi connectivity index (χ4n) is 2.85. The number of sulfone groups is 1. The highest BCUT2D eigenvalue weighted by molar-refractivity contribution is 7.91. The summed E-state index contributed by atoms with van der Waals surface area (Å²) in [5, 5.41) is 5.41. The molecular weight excluding hydrogens is 347 g/mol. The van der Waals surface area contributed by atoms with Crippen molar-refractivity contribution in [3.8, 4) is 0 Å². The van der Waals surface area contributed by atoms with Crippen LogP contribution >= 0.6 is 0 Å². The maximum Gasteiger partial charge on any atom is 0.251 e. The lowest BCUT2D eigenvalue weighted by Gasteiger charge is -2.29. The van der Waals surface area contributed by atoms with Crippen LogP contribution in [0.3, 0.4) is 0 Å². The predicted molar refractivity (Wildman–Crippen MR) is 92.3 cm³/mol. The minimum atomic E-state index is -3.15. The summed E-state index contributed by atoms with van der Waals surface area (Å²) in [6.07, 6.45) is 0.345. The van der Waals surface area contributed by atoms with Gasteiger partial charge in [0.25, 0.3) is 5.91 Å². The van der Waals surface area contributed by atoms with E-state index >= 15 is 0 Å². The van der Waals surface area contributed by atoms with Gasteiger partial charge in [0.05, 0.1) is 17.0 Å². The van der Waals surface area contributed by atoms with Crippen LogP contribution in [0.4, 0.5) is 4.39 Å². The average molecular weight is 370 g/mol. The Morgan fingerprint density at radius 3 is 2.28 bits per heavy atom. The van der Waals surface area contributed by atoms with Crippen molar-refractivity contribution in [2.24, 2.45) is 5.92 Å². The first kappa shape index (κ1) is 19.4. The van der Waals surface area contributed by atoms with E-state index in [-0.39, 0.29) is 23.0 Å². The van der Waals surface area contributed by atoms with Gasteiger partial charge < -0.3 is 10.6 Å². The largest absolute Gasteiger partial charge is 0.348 e. The third kappa shape index (κ3) is 5.01. The van der Waals surface area contributed by atoms with E-state index in [1.54, 1.807) is 20.8 Å². The number of hydrogen-bond donors (Lipinski definition) is 2. The molecule has 2 atom stereocenters. The number of benzene rings is 1. The third-order valence-electron chi connectivity index (χ3n) is 4.27. The second-order valence-electron chi connectivity index (χ2n) is 7.09. The Kier molecular flexibility index (Phi) is 5.51. The van der Waals surface area contributed by atoms with Crippen LogP contribution in [0.15, 0.2) is 24.3 Å². The van der Waals surface area contributed by atoms with Crippen molar-refractivity contribution in [2.75, 3.05) is 11.5 Å². The molecule has 138 valence electrons. The normalized spacial score (nSPS) is 23.2. The Morgan fingerprint density at radius 2 is 1.80 bits per heavy atom. The average Bonchev–Trinajstić information content (AvgIpc) is 2.78. The zero-order valence-electron chi connectivity index (χ0n) is 14.5. The Morgan fingerprint density at radius 1 is 1.20 bits per heavy atom. The molecule has 2 unspecified atom stereocenters. The van der Waals surface area contributed by atoms with Crippen molar-refractivity contribution in [3.05, 3.63) is 35.6 Å². The molecule has 0 bridgehead atoms. The molecule has 1 aliphatic heterocycles. The molecule has 0 spiro atoms. The van der Waals surface area contributed by atoms with E-state index in [4.69, 9.17) is 0 Å². The van der Waals surface area contributed by atoms with Gasteiger partial charge in [0.1, 0.15) is 11.9 Å². The number of amides is 2. The lowest BCUT2D eigenvalue weighted by molar-refractivity contribution is -0.125. The van der Waals surface area contributed by atoms with Crippen LogP contribution in [0.1, 0.15) is 37.6 Å². The van der Waals surface area contributed by atoms with E-state index in [0.717, 1.165) is 0 Å². The second-order valence-corrected chi connectivity index (χ2v) is 9.28. The zero-order chi connectivity index (χ0) is 18.8. The van der Waals surface area contributed by atoms with E-state index in [2.05, 4.69) is 10.6 Å². The van der Waals surface area contributed by atoms with Crippen molar-refractivity contribution < 1.29 is 22.4 Å². The summed E-state index contributed by atoms with van der Waals surface area (Å²) in [5.74, 6) is -1.64. The summed E-state index contributed by atoms with van der Waals surface area (Å²) in [6, 6.07) is 4.20. The van der Waals surface area contributed by atoms with Crippen molar-refractivity contribution >= 4 is 21.7 Å². The van der Waals surface area contributed by atoms with Crippen LogP contribution in [-0.2, 0) is 14.6 Å². The summed E-state index contributed by atoms with van der Waals surface area (Å²) >= 11 is 0. The lowest BCUT2D eigenvalue weighted by atomic mass is 9.98. The van der Waals surface area contributed by atoms with E-state index in [1.807, 2.05) is 0 Å². The highest BCUT2D eigenvalue weighted by atomic mass is 32.2. The van der Waals surface area contributed by atoms with Crippen LogP contribution in [-0.4, -0.2) is 43.3 Å². The molecule has 1 aromatic carbocycles. The van der Waals surface area contributed by atoms with E-state index in [1.165, 1.54) is 24.3 Å². The molecule has 0 aliphatic carbocycles. The van der Waals surface area contributed by atoms with Gasteiger partial charge in [-0.3, -0.25) is 9.59 Å². The number of carbonyl (C=O) groups is 2. The first-order valence-electron chi connectivity index (χ1n) is 8.10. The van der Waals surface area contributed by atoms with Gasteiger partial charge in [-0.1, -0.05) is 13.8 Å². The summed E-state index contributed by atoms with van der Waals surface area (Å²) in [6.45, 7) is 5.25. The molecule has 0 radical (unpaired) electrons. The summed E-state index contributed by atoms with van der Waals surface area (Å²) in [7, 11) is -3.15. The van der Waals surface area contributed by atoms with Crippen molar-refractivity contribution in [3.63, 3.8) is 0 Å². The summed E-state index contributed by atoms with van der Waals surface area (Å²) < 4.78 is 36.3. The maximum absolute atomic E-state index is 13.0. The quantitative estimate of drug-likeness (QED) is 0.816. The molecule has 2 N–H and O–H groups in total. The molecule has 25 heavy (non-hydrogen) atoms. The number of hydrogen-bond acceptors (Lipinski definition) is 4. The minimum absolute atomic E-state index is 0.0397. The van der Waals surface area contributed by atoms with Crippen LogP contribution < -0.4 is 10.6 Å². The van der Waals surface area contributed by atoms with Gasteiger partial charge in [-0.15, -0.1) is 0 Å². The van der Waals surface area contributed by atoms with Gasteiger partial charge in [-0.25, -0.2) is 12.8 Å². The van der Waals surface area contributed by atoms with Crippen molar-refractivity contribution in [1.82, 2.24) is 10.6 Å². The molecule has 1 saturated heterocycles. The Hall–Kier alpha value is -1.96. The number of rotatable bonds is 5. The highest BCUT2D eigenvalue weighted by Gasteiger charge is 2.41. The van der Waals surface area contributed by atoms with Gasteiger partial charge in [0, 0.05) is 5.56 Å². The molecule has 2 amide bonds. The molecule has 8 heteroatoms. The fourth-order valence-corrected chi connectivity index (χ4v) is 4.94. The predicted octanol–water partition coefficient (Wildman–Crippen LogP) is 1.27. The Balaban J connectivity index is 2.08. The standard InChI is InChI=1S/C17H23FN2O4S/c1-11(2)14(19-15(21)12-4-6-13(18)7-5-12)16(22)20-17(3)8-9-25(23,24)10-17/h4-7,11,14H,8-10H2,1-3H3,(H,19,21)(H,20,22). The van der Waals surface area contributed by atoms with Crippen LogP contribution in [0.2, 0.25) is 0 Å². The molecule has 0 aromatic heterocycles. The molecule has 0 saturated carbocycles. The number of halogens is 1. The van der Waals surface area contributed by atoms with Crippen molar-refractivity contribution in [2.45, 2.75) is 38.8 Å². The fraction of sp³-hybridized carbons (Fsp3) is 0.529. The van der Waals surface area contributed by atoms with E-state index in [0.29, 0.717) is 6.42 Å². The van der Waals surface area contributed by atoms with Gasteiger partial charge in [-0.05, 0) is 43.5 Å². The van der Waals surface area contributed by atoms with E-state index < -0.39 is 39.0 Å². The van der Waals surface area contributed by atoms with Gasteiger partial charge in [0.2, 0.25) is 5.91 Å². The Labute approximate surface area is 147 Å². The second kappa shape index (κ2) is 7.11. The van der Waals surface area contributed by atoms with Crippen LogP contribution in [0.25, 0.3) is 0 Å². The third-order valence-corrected chi connectivity index (χ3v) is 6.17. The topological polar surface area (TPSA) is 92.3 Å². The molecule has 1 fully saturated rings. The SMILES string of the molecule is CC(C)C(NC(=O)c1ccc(F)cc1)C(=O)NC1(C)CCS(=O)(=O)C1. The maximum atomic E-state index is 13.0. The van der Waals surface area contributed by atoms with Crippen molar-refractivity contribution in [1.29, 1.82) is 0 Å². The Bertz CT molecular complexity index is 761. The van der Waals surface area contributed by atoms with Gasteiger partial charge in [0.15, 0.2) is 9.84 Å². The first-order chi connectivity index (χ1) is 11.5. The summed E-state index contributed by atoms with van der Waals surface area (Å²) in [4.78, 5) is 24.9. The molecular formula is C17H23FN2O4S. The minimum Gasteiger partial charge on any atom is -0.348 e. The van der Waals surface area contributed by atoms with E-state index in [9.17, 15) is 22.4 Å². The number of nitrogens with one attached hydrogen (secondary N) is 2. The van der Waals surface area contributed by atoms with Crippen LogP contribution in [0, 0.1) is 11.7 Å². The smallest absolute Gasteiger partial charge is 0.251 e. The highest BCUT2D eigenvalue weighted by Crippen LogP contribution is 2.23. The first-order valence-corrected chi connectivity index (χ1v) is 9.92. The summed E-state index contributed by atoms with van der Waals surface area (Å²) in [5.41, 5.74) is -0.585. The van der Waals surface area contributed by atoms with Crippen LogP contribution in [0.5, 0.6) is 0 Å². The molecule has 1 aromatic rings. The molecule has 6 nitrogen and oxygen atoms in total. The van der Waals surface area contributed by atoms with Gasteiger partial charge >= 0.3 is 0 Å². The van der Waals surface area contributed by atoms with Gasteiger partial charge in [-0.2, -0.15) is 0 Å². The monoisotopic (exact) mass is 370 g/mol. The molecule has 2 rings (SSSR count). The molecule has 1 heterocycles. The number of carbonyl (C=O) groups excluding carboxylic acids is 2. The molecule has 1 aliphatic rings. The lowest BCUT2D eigenvalue weighted by Crippen LogP contribution is -2.56. The zero-order valence-corrected chi connectivity index (χ0v) is 15.3.